The number of fused-ring (bicyclic) bond motifs is 1. The summed E-state index contributed by atoms with van der Waals surface area (Å²) in [5.41, 5.74) is 2.44. The number of piperazine rings is 1. The zero-order valence-electron chi connectivity index (χ0n) is 26.6. The Labute approximate surface area is 278 Å². The molecule has 11 nitrogen and oxygen atoms in total. The van der Waals surface area contributed by atoms with Crippen LogP contribution in [0, 0.1) is 5.92 Å². The summed E-state index contributed by atoms with van der Waals surface area (Å²) in [4.78, 5) is 72.6. The van der Waals surface area contributed by atoms with Gasteiger partial charge in [-0.3, -0.25) is 29.3 Å². The fraction of sp³-hybridized carbons (Fsp3) is 0.515. The fourth-order valence-corrected chi connectivity index (χ4v) is 8.12. The molecule has 0 aliphatic carbocycles. The Kier molecular flexibility index (Phi) is 10.9. The first kappa shape index (κ1) is 33.8. The minimum absolute atomic E-state index is 0.000972. The van der Waals surface area contributed by atoms with Crippen molar-refractivity contribution in [3.63, 3.8) is 0 Å². The third-order valence-corrected chi connectivity index (χ3v) is 12.0. The number of carbonyl (C=O) groups is 5. The van der Waals surface area contributed by atoms with Gasteiger partial charge in [0, 0.05) is 80.2 Å². The van der Waals surface area contributed by atoms with Crippen molar-refractivity contribution < 1.29 is 24.0 Å². The molecular weight excluding hydrogens is 625 g/mol. The maximum atomic E-state index is 13.2. The minimum Gasteiger partial charge on any atom is -0.368 e. The Hall–Kier alpha value is -3.58. The highest BCUT2D eigenvalue weighted by atomic mass is 33.1. The molecule has 2 N–H and O–H groups in total. The number of hydrogen-bond donors (Lipinski definition) is 2. The summed E-state index contributed by atoms with van der Waals surface area (Å²) in [6, 6.07) is 10.9. The van der Waals surface area contributed by atoms with Crippen molar-refractivity contribution in [1.29, 1.82) is 0 Å². The van der Waals surface area contributed by atoms with E-state index in [-0.39, 0.29) is 40.7 Å². The normalized spacial score (nSPS) is 19.2. The van der Waals surface area contributed by atoms with Crippen LogP contribution in [0.3, 0.4) is 0 Å². The molecule has 4 heterocycles. The lowest BCUT2D eigenvalue weighted by molar-refractivity contribution is -0.137. The van der Waals surface area contributed by atoms with Gasteiger partial charge in [-0.15, -0.1) is 0 Å². The number of rotatable bonds is 12. The van der Waals surface area contributed by atoms with Crippen LogP contribution in [0.25, 0.3) is 0 Å². The van der Waals surface area contributed by atoms with Crippen molar-refractivity contribution in [3.05, 3.63) is 53.7 Å². The van der Waals surface area contributed by atoms with Crippen LogP contribution in [0.4, 0.5) is 5.69 Å². The monoisotopic (exact) mass is 666 g/mol. The van der Waals surface area contributed by atoms with Gasteiger partial charge < -0.3 is 20.0 Å². The molecule has 0 spiro atoms. The maximum Gasteiger partial charge on any atom is 0.255 e. The molecule has 3 aliphatic rings. The van der Waals surface area contributed by atoms with Crippen molar-refractivity contribution in [2.75, 3.05) is 37.6 Å². The second kappa shape index (κ2) is 14.9. The minimum atomic E-state index is -0.635. The van der Waals surface area contributed by atoms with Gasteiger partial charge in [-0.25, -0.2) is 4.98 Å². The summed E-state index contributed by atoms with van der Waals surface area (Å²) < 4.78 is -0.0850. The Balaban J connectivity index is 1.02. The number of nitrogens with zero attached hydrogens (tertiary/aromatic N) is 4. The van der Waals surface area contributed by atoms with E-state index in [4.69, 9.17) is 0 Å². The maximum absolute atomic E-state index is 13.2. The van der Waals surface area contributed by atoms with Crippen LogP contribution in [-0.4, -0.2) is 87.8 Å². The lowest BCUT2D eigenvalue weighted by atomic mass is 10.0. The van der Waals surface area contributed by atoms with Gasteiger partial charge >= 0.3 is 0 Å². The van der Waals surface area contributed by atoms with Crippen molar-refractivity contribution in [3.8, 4) is 0 Å². The number of amides is 5. The Morgan fingerprint density at radius 3 is 2.61 bits per heavy atom. The van der Waals surface area contributed by atoms with Gasteiger partial charge in [0.25, 0.3) is 5.91 Å². The van der Waals surface area contributed by atoms with Gasteiger partial charge in [0.05, 0.1) is 0 Å². The van der Waals surface area contributed by atoms with Crippen LogP contribution >= 0.6 is 21.6 Å². The van der Waals surface area contributed by atoms with E-state index in [1.165, 1.54) is 0 Å². The zero-order valence-corrected chi connectivity index (χ0v) is 28.3. The molecular formula is C33H42N6O5S2. The van der Waals surface area contributed by atoms with Crippen molar-refractivity contribution in [1.82, 2.24) is 25.4 Å². The Morgan fingerprint density at radius 2 is 1.89 bits per heavy atom. The molecule has 2 aromatic rings. The summed E-state index contributed by atoms with van der Waals surface area (Å²) in [6.07, 6.45) is 4.09. The average molecular weight is 667 g/mol. The van der Waals surface area contributed by atoms with E-state index in [1.807, 2.05) is 48.2 Å². The van der Waals surface area contributed by atoms with E-state index in [0.29, 0.717) is 64.1 Å². The second-order valence-electron chi connectivity index (χ2n) is 12.7. The van der Waals surface area contributed by atoms with Gasteiger partial charge in [-0.2, -0.15) is 0 Å². The number of benzene rings is 1. The quantitative estimate of drug-likeness (QED) is 0.258. The first-order valence-corrected chi connectivity index (χ1v) is 18.0. The van der Waals surface area contributed by atoms with Crippen molar-refractivity contribution >= 4 is 56.8 Å². The molecule has 1 aromatic heterocycles. The van der Waals surface area contributed by atoms with E-state index in [9.17, 15) is 24.0 Å². The SMILES string of the molecule is C[C@@H](CCNC(=O)CCC(C)(C)SSc1ccccn1)C(=O)N1CCN(c2ccc3c(c2)CN(C2CCC(=O)NC2=O)C3=O)CC1. The first-order valence-electron chi connectivity index (χ1n) is 15.9. The number of carbonyl (C=O) groups excluding carboxylic acids is 5. The average Bonchev–Trinajstić information content (AvgIpc) is 3.38. The standard InChI is InChI=1S/C33H42N6O5S2/c1-22(12-15-34-27(40)11-13-33(2,3)46-45-29-6-4-5-14-35-29)31(43)38-18-16-37(17-19-38)24-7-8-25-23(20-24)21-39(32(25)44)26-9-10-28(41)36-30(26)42/h4-8,14,20,22,26H,9-13,15-19,21H2,1-3H3,(H,34,40)(H,36,41,42)/t22-,26?/m0/s1. The van der Waals surface area contributed by atoms with Crippen LogP contribution in [0.5, 0.6) is 0 Å². The van der Waals surface area contributed by atoms with Crippen molar-refractivity contribution in [2.24, 2.45) is 5.92 Å². The molecule has 2 saturated heterocycles. The number of anilines is 1. The molecule has 46 heavy (non-hydrogen) atoms. The summed E-state index contributed by atoms with van der Waals surface area (Å²) in [5, 5.41) is 6.28. The Bertz CT molecular complexity index is 1460. The number of pyridine rings is 1. The van der Waals surface area contributed by atoms with E-state index >= 15 is 0 Å². The number of nitrogens with one attached hydrogen (secondary N) is 2. The molecule has 13 heteroatoms. The topological polar surface area (TPSA) is 132 Å². The highest BCUT2D eigenvalue weighted by molar-refractivity contribution is 8.77. The first-order chi connectivity index (χ1) is 22.0. The van der Waals surface area contributed by atoms with Gasteiger partial charge in [0.1, 0.15) is 11.1 Å². The van der Waals surface area contributed by atoms with Crippen LogP contribution in [-0.2, 0) is 25.7 Å². The predicted octanol–water partition coefficient (Wildman–Crippen LogP) is 3.63. The highest BCUT2D eigenvalue weighted by Crippen LogP contribution is 2.42. The Morgan fingerprint density at radius 1 is 1.11 bits per heavy atom. The smallest absolute Gasteiger partial charge is 0.255 e. The molecule has 1 aromatic carbocycles. The summed E-state index contributed by atoms with van der Waals surface area (Å²) in [5.74, 6) is -1.00. The molecule has 0 saturated carbocycles. The van der Waals surface area contributed by atoms with Gasteiger partial charge in [-0.1, -0.05) is 23.8 Å². The molecule has 3 aliphatic heterocycles. The molecule has 0 bridgehead atoms. The van der Waals surface area contributed by atoms with Gasteiger partial charge in [-0.05, 0) is 79.8 Å². The molecule has 1 unspecified atom stereocenters. The van der Waals surface area contributed by atoms with Crippen molar-refractivity contribution in [2.45, 2.75) is 75.2 Å². The second-order valence-corrected chi connectivity index (χ2v) is 15.5. The van der Waals surface area contributed by atoms with Crippen LogP contribution in [0.15, 0.2) is 47.6 Å². The van der Waals surface area contributed by atoms with Crippen LogP contribution in [0.2, 0.25) is 0 Å². The van der Waals surface area contributed by atoms with Gasteiger partial charge in [0.15, 0.2) is 0 Å². The molecule has 5 amide bonds. The lowest BCUT2D eigenvalue weighted by Gasteiger charge is -2.37. The van der Waals surface area contributed by atoms with E-state index in [0.717, 1.165) is 22.7 Å². The van der Waals surface area contributed by atoms with E-state index in [2.05, 4.69) is 34.4 Å². The zero-order chi connectivity index (χ0) is 32.8. The summed E-state index contributed by atoms with van der Waals surface area (Å²) >= 11 is 0. The molecule has 246 valence electrons. The molecule has 5 rings (SSSR count). The molecule has 2 atom stereocenters. The molecule has 2 fully saturated rings. The highest BCUT2D eigenvalue weighted by Gasteiger charge is 2.39. The number of imide groups is 1. The van der Waals surface area contributed by atoms with E-state index in [1.54, 1.807) is 32.7 Å². The predicted molar refractivity (Wildman–Crippen MR) is 179 cm³/mol. The largest absolute Gasteiger partial charge is 0.368 e. The fourth-order valence-electron chi connectivity index (χ4n) is 5.90. The number of piperidine rings is 1. The number of aromatic nitrogens is 1. The lowest BCUT2D eigenvalue weighted by Crippen LogP contribution is -2.52. The third-order valence-electron chi connectivity index (χ3n) is 8.73. The summed E-state index contributed by atoms with van der Waals surface area (Å²) in [6.45, 7) is 9.51. The van der Waals surface area contributed by atoms with Crippen LogP contribution < -0.4 is 15.5 Å². The third kappa shape index (κ3) is 8.41. The number of hydrogen-bond acceptors (Lipinski definition) is 9. The molecule has 0 radical (unpaired) electrons. The summed E-state index contributed by atoms with van der Waals surface area (Å²) in [7, 11) is 3.33. The van der Waals surface area contributed by atoms with Gasteiger partial charge in [0.2, 0.25) is 23.6 Å². The van der Waals surface area contributed by atoms with E-state index < -0.39 is 11.9 Å². The van der Waals surface area contributed by atoms with Crippen LogP contribution in [0.1, 0.15) is 68.8 Å².